The van der Waals surface area contributed by atoms with E-state index in [9.17, 15) is 14.4 Å². The fourth-order valence-corrected chi connectivity index (χ4v) is 3.96. The largest absolute Gasteiger partial charge is 0.495 e. The molecule has 0 aromatic heterocycles. The highest BCUT2D eigenvalue weighted by Crippen LogP contribution is 2.33. The Balaban J connectivity index is 1.94. The molecule has 0 spiro atoms. The number of imide groups is 1. The van der Waals surface area contributed by atoms with Crippen LogP contribution in [0.4, 0.5) is 5.69 Å². The van der Waals surface area contributed by atoms with Crippen LogP contribution in [0.25, 0.3) is 0 Å². The first-order valence-corrected chi connectivity index (χ1v) is 8.73. The highest BCUT2D eigenvalue weighted by Gasteiger charge is 2.32. The minimum Gasteiger partial charge on any atom is -0.495 e. The Bertz CT molecular complexity index is 927. The number of nitrogens with one attached hydrogen (secondary N) is 1. The van der Waals surface area contributed by atoms with Crippen molar-refractivity contribution in [1.82, 2.24) is 4.90 Å². The highest BCUT2D eigenvalue weighted by atomic mass is 79.9. The van der Waals surface area contributed by atoms with Crippen molar-refractivity contribution in [2.75, 3.05) is 19.5 Å². The molecule has 3 amide bonds. The number of amides is 3. The van der Waals surface area contributed by atoms with Gasteiger partial charge in [-0.3, -0.25) is 19.3 Å². The Morgan fingerprint density at radius 3 is 2.44 bits per heavy atom. The Hall–Kier alpha value is -2.19. The summed E-state index contributed by atoms with van der Waals surface area (Å²) in [4.78, 5) is 37.6. The lowest BCUT2D eigenvalue weighted by atomic mass is 10.1. The molecule has 0 unspecified atom stereocenters. The van der Waals surface area contributed by atoms with Gasteiger partial charge in [-0.1, -0.05) is 15.9 Å². The van der Waals surface area contributed by atoms with E-state index in [2.05, 4.69) is 37.2 Å². The third kappa shape index (κ3) is 3.07. The molecule has 1 aliphatic rings. The summed E-state index contributed by atoms with van der Waals surface area (Å²) in [6.07, 6.45) is 0. The van der Waals surface area contributed by atoms with Gasteiger partial charge in [0.1, 0.15) is 5.75 Å². The number of carbonyl (C=O) groups excluding carboxylic acids is 3. The maximum Gasteiger partial charge on any atom is 0.261 e. The van der Waals surface area contributed by atoms with Crippen molar-refractivity contribution in [3.63, 3.8) is 0 Å². The SMILES string of the molecule is COc1c(Br)cc(Br)cc1C(=O)Nc1ccc2c(c1)C(=O)N(C)C2=O. The summed E-state index contributed by atoms with van der Waals surface area (Å²) >= 11 is 6.69. The molecule has 3 rings (SSSR count). The minimum atomic E-state index is -0.399. The molecule has 0 saturated carbocycles. The van der Waals surface area contributed by atoms with Gasteiger partial charge >= 0.3 is 0 Å². The van der Waals surface area contributed by atoms with Gasteiger partial charge < -0.3 is 10.1 Å². The number of halogens is 2. The molecule has 1 N–H and O–H groups in total. The Morgan fingerprint density at radius 2 is 1.76 bits per heavy atom. The molecule has 0 radical (unpaired) electrons. The summed E-state index contributed by atoms with van der Waals surface area (Å²) < 4.78 is 6.62. The van der Waals surface area contributed by atoms with Crippen molar-refractivity contribution in [1.29, 1.82) is 0 Å². The van der Waals surface area contributed by atoms with Crippen molar-refractivity contribution in [2.45, 2.75) is 0 Å². The molecule has 0 aliphatic carbocycles. The second-order valence-electron chi connectivity index (χ2n) is 5.35. The standard InChI is InChI=1S/C17H12Br2N2O4/c1-21-16(23)10-4-3-9(7-11(10)17(21)24)20-15(22)12-5-8(18)6-13(19)14(12)25-2/h3-7H,1-2H3,(H,20,22). The van der Waals surface area contributed by atoms with Crippen LogP contribution in [0, 0.1) is 0 Å². The molecule has 8 heteroatoms. The summed E-state index contributed by atoms with van der Waals surface area (Å²) in [6, 6.07) is 8.01. The molecule has 0 bridgehead atoms. The van der Waals surface area contributed by atoms with Gasteiger partial charge in [-0.2, -0.15) is 0 Å². The van der Waals surface area contributed by atoms with Crippen molar-refractivity contribution in [3.05, 3.63) is 56.0 Å². The van der Waals surface area contributed by atoms with E-state index in [1.165, 1.54) is 26.3 Å². The molecule has 1 heterocycles. The number of rotatable bonds is 3. The Kier molecular flexibility index (Phi) is 4.66. The first-order chi connectivity index (χ1) is 11.8. The fraction of sp³-hybridized carbons (Fsp3) is 0.118. The van der Waals surface area contributed by atoms with Crippen molar-refractivity contribution in [2.24, 2.45) is 0 Å². The molecule has 0 fully saturated rings. The van der Waals surface area contributed by atoms with E-state index in [0.29, 0.717) is 31.5 Å². The molecule has 1 aliphatic heterocycles. The van der Waals surface area contributed by atoms with Gasteiger partial charge in [-0.05, 0) is 46.3 Å². The van der Waals surface area contributed by atoms with E-state index in [1.807, 2.05) is 0 Å². The number of fused-ring (bicyclic) bond motifs is 1. The van der Waals surface area contributed by atoms with E-state index in [1.54, 1.807) is 18.2 Å². The molecule has 0 saturated heterocycles. The molecular weight excluding hydrogens is 456 g/mol. The van der Waals surface area contributed by atoms with Crippen LogP contribution in [-0.4, -0.2) is 36.8 Å². The first kappa shape index (κ1) is 17.6. The highest BCUT2D eigenvalue weighted by molar-refractivity contribution is 9.11. The zero-order valence-electron chi connectivity index (χ0n) is 13.2. The van der Waals surface area contributed by atoms with Crippen molar-refractivity contribution in [3.8, 4) is 5.75 Å². The number of hydrogen-bond acceptors (Lipinski definition) is 4. The monoisotopic (exact) mass is 466 g/mol. The van der Waals surface area contributed by atoms with Crippen LogP contribution in [-0.2, 0) is 0 Å². The predicted molar refractivity (Wildman–Crippen MR) is 99.2 cm³/mol. The Labute approximate surface area is 160 Å². The molecule has 25 heavy (non-hydrogen) atoms. The van der Waals surface area contributed by atoms with Gasteiger partial charge in [0, 0.05) is 17.2 Å². The normalized spacial score (nSPS) is 13.0. The van der Waals surface area contributed by atoms with Gasteiger partial charge in [0.15, 0.2) is 0 Å². The molecule has 2 aromatic carbocycles. The van der Waals surface area contributed by atoms with Gasteiger partial charge in [0.05, 0.1) is 28.3 Å². The zero-order valence-corrected chi connectivity index (χ0v) is 16.4. The smallest absolute Gasteiger partial charge is 0.261 e. The van der Waals surface area contributed by atoms with E-state index >= 15 is 0 Å². The predicted octanol–water partition coefficient (Wildman–Crippen LogP) is 3.70. The van der Waals surface area contributed by atoms with Crippen LogP contribution in [0.2, 0.25) is 0 Å². The average molecular weight is 468 g/mol. The van der Waals surface area contributed by atoms with Crippen LogP contribution in [0.15, 0.2) is 39.3 Å². The lowest BCUT2D eigenvalue weighted by Gasteiger charge is -2.12. The summed E-state index contributed by atoms with van der Waals surface area (Å²) in [5.74, 6) is -0.744. The number of methoxy groups -OCH3 is 1. The number of nitrogens with zero attached hydrogens (tertiary/aromatic N) is 1. The maximum absolute atomic E-state index is 12.6. The lowest BCUT2D eigenvalue weighted by molar-refractivity contribution is 0.0692. The van der Waals surface area contributed by atoms with Gasteiger partial charge in [-0.15, -0.1) is 0 Å². The molecule has 2 aromatic rings. The topological polar surface area (TPSA) is 75.7 Å². The minimum absolute atomic E-state index is 0.271. The van der Waals surface area contributed by atoms with Crippen LogP contribution >= 0.6 is 31.9 Å². The van der Waals surface area contributed by atoms with Gasteiger partial charge in [-0.25, -0.2) is 0 Å². The van der Waals surface area contributed by atoms with E-state index in [-0.39, 0.29) is 17.4 Å². The average Bonchev–Trinajstić information content (AvgIpc) is 2.78. The summed E-state index contributed by atoms with van der Waals surface area (Å²) in [6.45, 7) is 0. The molecule has 128 valence electrons. The maximum atomic E-state index is 12.6. The first-order valence-electron chi connectivity index (χ1n) is 7.14. The van der Waals surface area contributed by atoms with Crippen LogP contribution < -0.4 is 10.1 Å². The van der Waals surface area contributed by atoms with Crippen molar-refractivity contribution >= 4 is 55.3 Å². The van der Waals surface area contributed by atoms with Crippen LogP contribution in [0.3, 0.4) is 0 Å². The number of hydrogen-bond donors (Lipinski definition) is 1. The van der Waals surface area contributed by atoms with Gasteiger partial charge in [0.25, 0.3) is 17.7 Å². The van der Waals surface area contributed by atoms with E-state index in [4.69, 9.17) is 4.74 Å². The molecule has 0 atom stereocenters. The summed E-state index contributed by atoms with van der Waals surface area (Å²) in [7, 11) is 2.90. The second kappa shape index (κ2) is 6.61. The number of ether oxygens (including phenoxy) is 1. The summed E-state index contributed by atoms with van der Waals surface area (Å²) in [5, 5.41) is 2.72. The van der Waals surface area contributed by atoms with E-state index < -0.39 is 5.91 Å². The number of benzene rings is 2. The van der Waals surface area contributed by atoms with Gasteiger partial charge in [0.2, 0.25) is 0 Å². The Morgan fingerprint density at radius 1 is 1.08 bits per heavy atom. The zero-order chi connectivity index (χ0) is 18.3. The van der Waals surface area contributed by atoms with Crippen molar-refractivity contribution < 1.29 is 19.1 Å². The lowest BCUT2D eigenvalue weighted by Crippen LogP contribution is -2.24. The van der Waals surface area contributed by atoms with Crippen LogP contribution in [0.5, 0.6) is 5.75 Å². The molecule has 6 nitrogen and oxygen atoms in total. The summed E-state index contributed by atoms with van der Waals surface area (Å²) in [5.41, 5.74) is 1.34. The fourth-order valence-electron chi connectivity index (χ4n) is 2.57. The van der Waals surface area contributed by atoms with E-state index in [0.717, 1.165) is 4.90 Å². The third-order valence-corrected chi connectivity index (χ3v) is 4.85. The molecular formula is C17H12Br2N2O4. The number of carbonyl (C=O) groups is 3. The number of anilines is 1. The quantitative estimate of drug-likeness (QED) is 0.698. The third-order valence-electron chi connectivity index (χ3n) is 3.80. The van der Waals surface area contributed by atoms with Crippen LogP contribution in [0.1, 0.15) is 31.1 Å². The second-order valence-corrected chi connectivity index (χ2v) is 7.12.